The molecule has 0 spiro atoms. The summed E-state index contributed by atoms with van der Waals surface area (Å²) in [6.45, 7) is 1.21. The van der Waals surface area contributed by atoms with Gasteiger partial charge in [-0.05, 0) is 28.1 Å². The molecule has 2 aromatic carbocycles. The van der Waals surface area contributed by atoms with E-state index in [1.54, 1.807) is 12.1 Å². The molecule has 0 amide bonds. The molecular formula is C16H13BrO3. The quantitative estimate of drug-likeness (QED) is 0.621. The summed E-state index contributed by atoms with van der Waals surface area (Å²) in [4.78, 5) is 12.6. The summed E-state index contributed by atoms with van der Waals surface area (Å²) < 4.78 is 11.6. The smallest absolute Gasteiger partial charge is 0.197 e. The zero-order valence-electron chi connectivity index (χ0n) is 10.7. The topological polar surface area (TPSA) is 38.8 Å². The Hall–Kier alpha value is -1.65. The Morgan fingerprint density at radius 3 is 2.65 bits per heavy atom. The van der Waals surface area contributed by atoms with Crippen LogP contribution in [0.4, 0.5) is 0 Å². The summed E-state index contributed by atoms with van der Waals surface area (Å²) in [5, 5.41) is 0. The molecule has 0 N–H and O–H groups in total. The summed E-state index contributed by atoms with van der Waals surface area (Å²) in [5.41, 5.74) is 1.20. The number of carbonyl (C=O) groups excluding carboxylic acids is 1. The summed E-state index contributed by atoms with van der Waals surface area (Å²) in [6, 6.07) is 14.7. The van der Waals surface area contributed by atoms with E-state index >= 15 is 0 Å². The summed E-state index contributed by atoms with van der Waals surface area (Å²) >= 11 is 3.44. The van der Waals surface area contributed by atoms with E-state index in [2.05, 4.69) is 15.9 Å². The van der Waals surface area contributed by atoms with Gasteiger partial charge in [0.2, 0.25) is 0 Å². The van der Waals surface area contributed by atoms with Crippen LogP contribution in [0.1, 0.15) is 15.9 Å². The molecule has 0 saturated carbocycles. The predicted octanol–water partition coefficient (Wildman–Crippen LogP) is 3.46. The van der Waals surface area contributed by atoms with Crippen molar-refractivity contribution >= 4 is 21.7 Å². The molecule has 102 valence electrons. The van der Waals surface area contributed by atoms with Gasteiger partial charge in [0.25, 0.3) is 0 Å². The summed E-state index contributed by atoms with van der Waals surface area (Å²) in [6.07, 6.45) is 0.161. The van der Waals surface area contributed by atoms with Crippen LogP contribution in [-0.2, 0) is 4.74 Å². The molecule has 20 heavy (non-hydrogen) atoms. The standard InChI is InChI=1S/C16H13BrO3/c17-13-7-4-8-14(20-10-12-9-19-12)15(13)16(18)11-5-2-1-3-6-11/h1-8,12H,9-10H2. The van der Waals surface area contributed by atoms with E-state index < -0.39 is 0 Å². The third-order valence-corrected chi connectivity index (χ3v) is 3.73. The van der Waals surface area contributed by atoms with Crippen molar-refractivity contribution in [1.82, 2.24) is 0 Å². The highest BCUT2D eigenvalue weighted by atomic mass is 79.9. The van der Waals surface area contributed by atoms with E-state index in [0.29, 0.717) is 23.5 Å². The zero-order valence-corrected chi connectivity index (χ0v) is 12.3. The number of rotatable bonds is 5. The number of hydrogen-bond donors (Lipinski definition) is 0. The van der Waals surface area contributed by atoms with Gasteiger partial charge in [0.05, 0.1) is 12.2 Å². The second kappa shape index (κ2) is 5.77. The summed E-state index contributed by atoms with van der Waals surface area (Å²) in [5.74, 6) is 0.536. The van der Waals surface area contributed by atoms with E-state index in [-0.39, 0.29) is 11.9 Å². The van der Waals surface area contributed by atoms with Crippen molar-refractivity contribution in [3.8, 4) is 5.75 Å². The molecule has 1 unspecified atom stereocenters. The highest BCUT2D eigenvalue weighted by Gasteiger charge is 2.25. The first-order valence-corrected chi connectivity index (χ1v) is 7.17. The van der Waals surface area contributed by atoms with Crippen LogP contribution < -0.4 is 4.74 Å². The van der Waals surface area contributed by atoms with Crippen LogP contribution >= 0.6 is 15.9 Å². The van der Waals surface area contributed by atoms with Gasteiger partial charge >= 0.3 is 0 Å². The molecule has 2 aromatic rings. The molecule has 4 heteroatoms. The third kappa shape index (κ3) is 2.92. The summed E-state index contributed by atoms with van der Waals surface area (Å²) in [7, 11) is 0. The van der Waals surface area contributed by atoms with E-state index in [9.17, 15) is 4.79 Å². The lowest BCUT2D eigenvalue weighted by atomic mass is 10.0. The van der Waals surface area contributed by atoms with E-state index in [4.69, 9.17) is 9.47 Å². The first-order chi connectivity index (χ1) is 9.75. The van der Waals surface area contributed by atoms with Crippen LogP contribution in [0.2, 0.25) is 0 Å². The third-order valence-electron chi connectivity index (χ3n) is 3.07. The number of ether oxygens (including phenoxy) is 2. The minimum atomic E-state index is -0.0511. The van der Waals surface area contributed by atoms with E-state index in [0.717, 1.165) is 11.1 Å². The molecule has 1 aliphatic rings. The first-order valence-electron chi connectivity index (χ1n) is 6.38. The van der Waals surface area contributed by atoms with Crippen LogP contribution in [-0.4, -0.2) is 25.1 Å². The Labute approximate surface area is 125 Å². The molecule has 1 fully saturated rings. The van der Waals surface area contributed by atoms with Crippen molar-refractivity contribution < 1.29 is 14.3 Å². The van der Waals surface area contributed by atoms with E-state index in [1.807, 2.05) is 36.4 Å². The zero-order chi connectivity index (χ0) is 13.9. The second-order valence-electron chi connectivity index (χ2n) is 4.57. The van der Waals surface area contributed by atoms with Gasteiger partial charge in [-0.2, -0.15) is 0 Å². The van der Waals surface area contributed by atoms with Gasteiger partial charge in [0, 0.05) is 10.0 Å². The Kier molecular flexibility index (Phi) is 3.85. The van der Waals surface area contributed by atoms with Crippen molar-refractivity contribution in [1.29, 1.82) is 0 Å². The van der Waals surface area contributed by atoms with Crippen LogP contribution in [0.3, 0.4) is 0 Å². The average molecular weight is 333 g/mol. The molecule has 0 radical (unpaired) electrons. The molecule has 3 nitrogen and oxygen atoms in total. The molecule has 1 aliphatic heterocycles. The Bertz CT molecular complexity index is 621. The maximum Gasteiger partial charge on any atom is 0.197 e. The van der Waals surface area contributed by atoms with Crippen molar-refractivity contribution in [2.75, 3.05) is 13.2 Å². The fourth-order valence-corrected chi connectivity index (χ4v) is 2.45. The fraction of sp³-hybridized carbons (Fsp3) is 0.188. The monoisotopic (exact) mass is 332 g/mol. The molecule has 0 aliphatic carbocycles. The van der Waals surface area contributed by atoms with Gasteiger partial charge < -0.3 is 9.47 Å². The molecule has 0 bridgehead atoms. The lowest BCUT2D eigenvalue weighted by Gasteiger charge is -2.11. The van der Waals surface area contributed by atoms with Crippen molar-refractivity contribution in [2.24, 2.45) is 0 Å². The number of hydrogen-bond acceptors (Lipinski definition) is 3. The first kappa shape index (κ1) is 13.3. The predicted molar refractivity (Wildman–Crippen MR) is 79.3 cm³/mol. The minimum Gasteiger partial charge on any atom is -0.490 e. The van der Waals surface area contributed by atoms with Crippen molar-refractivity contribution in [3.05, 3.63) is 64.1 Å². The van der Waals surface area contributed by atoms with Crippen LogP contribution in [0.25, 0.3) is 0 Å². The Balaban J connectivity index is 1.92. The fourth-order valence-electron chi connectivity index (χ4n) is 1.93. The van der Waals surface area contributed by atoms with Crippen LogP contribution in [0.15, 0.2) is 53.0 Å². The molecular weight excluding hydrogens is 320 g/mol. The maximum atomic E-state index is 12.6. The number of carbonyl (C=O) groups is 1. The molecule has 1 atom stereocenters. The van der Waals surface area contributed by atoms with Gasteiger partial charge in [-0.1, -0.05) is 36.4 Å². The second-order valence-corrected chi connectivity index (χ2v) is 5.43. The highest BCUT2D eigenvalue weighted by Crippen LogP contribution is 2.30. The van der Waals surface area contributed by atoms with Gasteiger partial charge in [-0.15, -0.1) is 0 Å². The van der Waals surface area contributed by atoms with Crippen molar-refractivity contribution in [2.45, 2.75) is 6.10 Å². The van der Waals surface area contributed by atoms with Crippen LogP contribution in [0, 0.1) is 0 Å². The molecule has 3 rings (SSSR count). The lowest BCUT2D eigenvalue weighted by molar-refractivity contribution is 0.103. The minimum absolute atomic E-state index is 0.0511. The number of halogens is 1. The molecule has 0 aromatic heterocycles. The van der Waals surface area contributed by atoms with Gasteiger partial charge in [-0.3, -0.25) is 4.79 Å². The average Bonchev–Trinajstić information content (AvgIpc) is 3.30. The molecule has 1 heterocycles. The largest absolute Gasteiger partial charge is 0.490 e. The van der Waals surface area contributed by atoms with Crippen molar-refractivity contribution in [3.63, 3.8) is 0 Å². The van der Waals surface area contributed by atoms with Gasteiger partial charge in [-0.25, -0.2) is 0 Å². The maximum absolute atomic E-state index is 12.6. The SMILES string of the molecule is O=C(c1ccccc1)c1c(Br)cccc1OCC1CO1. The highest BCUT2D eigenvalue weighted by molar-refractivity contribution is 9.10. The normalized spacial score (nSPS) is 16.8. The number of epoxide rings is 1. The Morgan fingerprint density at radius 2 is 1.95 bits per heavy atom. The number of benzene rings is 2. The van der Waals surface area contributed by atoms with Gasteiger partial charge in [0.15, 0.2) is 5.78 Å². The van der Waals surface area contributed by atoms with E-state index in [1.165, 1.54) is 0 Å². The van der Waals surface area contributed by atoms with Gasteiger partial charge in [0.1, 0.15) is 18.5 Å². The lowest BCUT2D eigenvalue weighted by Crippen LogP contribution is -2.10. The Morgan fingerprint density at radius 1 is 1.20 bits per heavy atom. The van der Waals surface area contributed by atoms with Crippen LogP contribution in [0.5, 0.6) is 5.75 Å². The molecule has 1 saturated heterocycles. The number of ketones is 1.